The summed E-state index contributed by atoms with van der Waals surface area (Å²) in [7, 11) is 0. The molecule has 3 aromatic heterocycles. The maximum absolute atomic E-state index is 13.5. The summed E-state index contributed by atoms with van der Waals surface area (Å²) >= 11 is 0. The molecule has 0 aliphatic carbocycles. The van der Waals surface area contributed by atoms with Gasteiger partial charge < -0.3 is 14.5 Å². The van der Waals surface area contributed by atoms with E-state index in [0.717, 1.165) is 59.6 Å². The van der Waals surface area contributed by atoms with E-state index in [1.54, 1.807) is 6.33 Å². The first-order chi connectivity index (χ1) is 15.3. The molecule has 3 heterocycles. The minimum atomic E-state index is -0.243. The average molecular weight is 414 g/mol. The number of H-pyrrole nitrogens is 2. The number of benzene rings is 2. The zero-order valence-electron chi connectivity index (χ0n) is 17.1. The summed E-state index contributed by atoms with van der Waals surface area (Å²) in [5, 5.41) is 10.1. The Balaban J connectivity index is 1.42. The van der Waals surface area contributed by atoms with Gasteiger partial charge in [0.2, 0.25) is 0 Å². The zero-order chi connectivity index (χ0) is 21.0. The molecule has 7 heteroatoms. The predicted octanol–water partition coefficient (Wildman–Crippen LogP) is 4.44. The van der Waals surface area contributed by atoms with Gasteiger partial charge in [0.1, 0.15) is 17.5 Å². The van der Waals surface area contributed by atoms with E-state index in [2.05, 4.69) is 41.8 Å². The van der Waals surface area contributed by atoms with Crippen LogP contribution in [0.3, 0.4) is 0 Å². The van der Waals surface area contributed by atoms with Crippen LogP contribution in [0.1, 0.15) is 34.9 Å². The van der Waals surface area contributed by atoms with Crippen molar-refractivity contribution in [1.82, 2.24) is 29.7 Å². The van der Waals surface area contributed by atoms with Gasteiger partial charge in [-0.3, -0.25) is 0 Å². The van der Waals surface area contributed by atoms with Crippen LogP contribution < -0.4 is 0 Å². The van der Waals surface area contributed by atoms with Crippen LogP contribution in [0.4, 0.5) is 4.39 Å². The SMILES string of the molecule is Fc1ccc2c(Cc3nnc(Cc4ccccc4)n3CCCc3cnc[nH]3)c[nH]c2c1. The van der Waals surface area contributed by atoms with Crippen molar-refractivity contribution in [3.63, 3.8) is 0 Å². The van der Waals surface area contributed by atoms with Crippen LogP contribution in [-0.2, 0) is 25.8 Å². The molecule has 0 bridgehead atoms. The molecule has 0 atom stereocenters. The van der Waals surface area contributed by atoms with Gasteiger partial charge in [0.15, 0.2) is 0 Å². The summed E-state index contributed by atoms with van der Waals surface area (Å²) in [4.78, 5) is 10.4. The molecule has 0 saturated heterocycles. The first-order valence-electron chi connectivity index (χ1n) is 10.4. The fraction of sp³-hybridized carbons (Fsp3) is 0.208. The summed E-state index contributed by atoms with van der Waals surface area (Å²) in [5.74, 6) is 1.63. The summed E-state index contributed by atoms with van der Waals surface area (Å²) in [6, 6.07) is 15.2. The molecule has 2 aromatic carbocycles. The first-order valence-corrected chi connectivity index (χ1v) is 10.4. The van der Waals surface area contributed by atoms with E-state index in [0.29, 0.717) is 6.42 Å². The molecular formula is C24H23FN6. The van der Waals surface area contributed by atoms with Crippen molar-refractivity contribution in [3.8, 4) is 0 Å². The summed E-state index contributed by atoms with van der Waals surface area (Å²) in [6.45, 7) is 0.820. The van der Waals surface area contributed by atoms with Crippen LogP contribution in [0.2, 0.25) is 0 Å². The number of imidazole rings is 1. The Morgan fingerprint density at radius 3 is 2.58 bits per heavy atom. The van der Waals surface area contributed by atoms with Crippen molar-refractivity contribution in [2.24, 2.45) is 0 Å². The van der Waals surface area contributed by atoms with Crippen LogP contribution in [0.5, 0.6) is 0 Å². The number of nitrogens with zero attached hydrogens (tertiary/aromatic N) is 4. The van der Waals surface area contributed by atoms with Gasteiger partial charge in [0, 0.05) is 48.4 Å². The molecule has 156 valence electrons. The number of halogens is 1. The molecule has 0 spiro atoms. The zero-order valence-corrected chi connectivity index (χ0v) is 17.1. The molecule has 0 aliphatic heterocycles. The molecule has 0 fully saturated rings. The maximum atomic E-state index is 13.5. The fourth-order valence-corrected chi connectivity index (χ4v) is 3.99. The second kappa shape index (κ2) is 8.55. The van der Waals surface area contributed by atoms with Crippen LogP contribution >= 0.6 is 0 Å². The van der Waals surface area contributed by atoms with E-state index in [1.807, 2.05) is 36.7 Å². The summed E-state index contributed by atoms with van der Waals surface area (Å²) < 4.78 is 15.8. The van der Waals surface area contributed by atoms with Crippen molar-refractivity contribution in [1.29, 1.82) is 0 Å². The molecule has 0 unspecified atom stereocenters. The molecule has 5 aromatic rings. The third kappa shape index (κ3) is 4.26. The van der Waals surface area contributed by atoms with Crippen LogP contribution in [-0.4, -0.2) is 29.7 Å². The Bertz CT molecular complexity index is 1270. The normalized spacial score (nSPS) is 11.4. The lowest BCUT2D eigenvalue weighted by Crippen LogP contribution is -2.10. The van der Waals surface area contributed by atoms with Gasteiger partial charge in [-0.2, -0.15) is 0 Å². The van der Waals surface area contributed by atoms with Gasteiger partial charge in [-0.15, -0.1) is 10.2 Å². The smallest absolute Gasteiger partial charge is 0.137 e. The number of hydrogen-bond donors (Lipinski definition) is 2. The topological polar surface area (TPSA) is 75.2 Å². The van der Waals surface area contributed by atoms with Crippen molar-refractivity contribution in [2.45, 2.75) is 32.2 Å². The standard InChI is InChI=1S/C24H23FN6/c25-19-8-9-21-18(14-27-22(21)13-19)12-24-30-29-23(11-17-5-2-1-3-6-17)31(24)10-4-7-20-15-26-16-28-20/h1-3,5-6,8-9,13-16,27H,4,7,10-12H2,(H,26,28). The number of rotatable bonds is 8. The molecule has 6 nitrogen and oxygen atoms in total. The summed E-state index contributed by atoms with van der Waals surface area (Å²) in [5.41, 5.74) is 4.21. The highest BCUT2D eigenvalue weighted by atomic mass is 19.1. The van der Waals surface area contributed by atoms with E-state index >= 15 is 0 Å². The third-order valence-corrected chi connectivity index (χ3v) is 5.57. The molecule has 2 N–H and O–H groups in total. The quantitative estimate of drug-likeness (QED) is 0.394. The Hall–Kier alpha value is -3.74. The second-order valence-electron chi connectivity index (χ2n) is 7.71. The van der Waals surface area contributed by atoms with Gasteiger partial charge >= 0.3 is 0 Å². The summed E-state index contributed by atoms with van der Waals surface area (Å²) in [6.07, 6.45) is 8.74. The number of aryl methyl sites for hydroxylation is 1. The van der Waals surface area contributed by atoms with Gasteiger partial charge in [0.25, 0.3) is 0 Å². The number of fused-ring (bicyclic) bond motifs is 1. The molecule has 0 amide bonds. The third-order valence-electron chi connectivity index (χ3n) is 5.57. The molecule has 5 rings (SSSR count). The van der Waals surface area contributed by atoms with Crippen molar-refractivity contribution < 1.29 is 4.39 Å². The van der Waals surface area contributed by atoms with Crippen LogP contribution in [0.25, 0.3) is 10.9 Å². The largest absolute Gasteiger partial charge is 0.361 e. The number of aromatic amines is 2. The highest BCUT2D eigenvalue weighted by Gasteiger charge is 2.15. The lowest BCUT2D eigenvalue weighted by atomic mass is 10.1. The van der Waals surface area contributed by atoms with Crippen LogP contribution in [0, 0.1) is 5.82 Å². The van der Waals surface area contributed by atoms with Crippen molar-refractivity contribution in [3.05, 3.63) is 102 Å². The number of nitrogens with one attached hydrogen (secondary N) is 2. The highest BCUT2D eigenvalue weighted by Crippen LogP contribution is 2.22. The molecule has 0 radical (unpaired) electrons. The first kappa shape index (κ1) is 19.2. The Labute approximate surface area is 179 Å². The number of aromatic nitrogens is 6. The number of hydrogen-bond acceptors (Lipinski definition) is 3. The van der Waals surface area contributed by atoms with E-state index in [-0.39, 0.29) is 5.82 Å². The fourth-order valence-electron chi connectivity index (χ4n) is 3.99. The molecule has 0 aliphatic rings. The minimum Gasteiger partial charge on any atom is -0.361 e. The van der Waals surface area contributed by atoms with Gasteiger partial charge in [0.05, 0.1) is 6.33 Å². The van der Waals surface area contributed by atoms with Gasteiger partial charge in [-0.25, -0.2) is 9.37 Å². The highest BCUT2D eigenvalue weighted by molar-refractivity contribution is 5.83. The van der Waals surface area contributed by atoms with Crippen molar-refractivity contribution in [2.75, 3.05) is 0 Å². The van der Waals surface area contributed by atoms with E-state index < -0.39 is 0 Å². The minimum absolute atomic E-state index is 0.243. The Kier molecular flexibility index (Phi) is 5.31. The lowest BCUT2D eigenvalue weighted by molar-refractivity contribution is 0.593. The lowest BCUT2D eigenvalue weighted by Gasteiger charge is -2.10. The molecular weight excluding hydrogens is 391 g/mol. The maximum Gasteiger partial charge on any atom is 0.137 e. The van der Waals surface area contributed by atoms with Crippen LogP contribution in [0.15, 0.2) is 67.3 Å². The van der Waals surface area contributed by atoms with Crippen molar-refractivity contribution >= 4 is 10.9 Å². The Morgan fingerprint density at radius 2 is 1.77 bits per heavy atom. The van der Waals surface area contributed by atoms with E-state index in [1.165, 1.54) is 17.7 Å². The second-order valence-corrected chi connectivity index (χ2v) is 7.71. The molecule has 0 saturated carbocycles. The average Bonchev–Trinajstić information content (AvgIpc) is 3.52. The van der Waals surface area contributed by atoms with E-state index in [4.69, 9.17) is 0 Å². The van der Waals surface area contributed by atoms with E-state index in [9.17, 15) is 4.39 Å². The Morgan fingerprint density at radius 1 is 0.935 bits per heavy atom. The van der Waals surface area contributed by atoms with Gasteiger partial charge in [-0.05, 0) is 42.2 Å². The van der Waals surface area contributed by atoms with Gasteiger partial charge in [-0.1, -0.05) is 30.3 Å². The monoisotopic (exact) mass is 414 g/mol. The molecule has 31 heavy (non-hydrogen) atoms. The predicted molar refractivity (Wildman–Crippen MR) is 117 cm³/mol.